The molecule has 0 spiro atoms. The second-order valence-electron chi connectivity index (χ2n) is 6.78. The first kappa shape index (κ1) is 16.9. The van der Waals surface area contributed by atoms with E-state index in [1.807, 2.05) is 0 Å². The SMILES string of the molecule is CCOC1CC(NCCOC)(c2nc(C(C)(C)C)cs2)C1. The smallest absolute Gasteiger partial charge is 0.113 e. The zero-order chi connectivity index (χ0) is 15.5. The van der Waals surface area contributed by atoms with E-state index in [2.05, 4.69) is 38.4 Å². The monoisotopic (exact) mass is 312 g/mol. The standard InChI is InChI=1S/C16H28N2O2S/c1-6-20-12-9-16(10-12,17-7-8-19-5)14-18-13(11-21-14)15(2,3)4/h11-12,17H,6-10H2,1-5H3. The molecule has 1 fully saturated rings. The molecule has 1 aliphatic carbocycles. The molecular formula is C16H28N2O2S. The molecule has 0 bridgehead atoms. The fraction of sp³-hybridized carbons (Fsp3) is 0.812. The molecule has 5 heteroatoms. The number of hydrogen-bond acceptors (Lipinski definition) is 5. The van der Waals surface area contributed by atoms with Gasteiger partial charge in [0.25, 0.3) is 0 Å². The van der Waals surface area contributed by atoms with Crippen LogP contribution in [0.4, 0.5) is 0 Å². The Balaban J connectivity index is 2.11. The number of rotatable bonds is 7. The van der Waals surface area contributed by atoms with Crippen LogP contribution in [0.3, 0.4) is 0 Å². The van der Waals surface area contributed by atoms with Crippen molar-refractivity contribution in [1.82, 2.24) is 10.3 Å². The van der Waals surface area contributed by atoms with E-state index >= 15 is 0 Å². The van der Waals surface area contributed by atoms with Crippen LogP contribution >= 0.6 is 11.3 Å². The van der Waals surface area contributed by atoms with Crippen LogP contribution in [0.15, 0.2) is 5.38 Å². The summed E-state index contributed by atoms with van der Waals surface area (Å²) in [7, 11) is 1.74. The van der Waals surface area contributed by atoms with Gasteiger partial charge in [-0.05, 0) is 19.8 Å². The molecule has 1 aromatic rings. The van der Waals surface area contributed by atoms with Crippen molar-refractivity contribution in [2.45, 2.75) is 57.6 Å². The molecule has 0 amide bonds. The van der Waals surface area contributed by atoms with Crippen LogP contribution in [-0.2, 0) is 20.4 Å². The van der Waals surface area contributed by atoms with Crippen molar-refractivity contribution in [3.05, 3.63) is 16.1 Å². The van der Waals surface area contributed by atoms with Gasteiger partial charge in [-0.3, -0.25) is 0 Å². The van der Waals surface area contributed by atoms with E-state index in [9.17, 15) is 0 Å². The number of methoxy groups -OCH3 is 1. The molecule has 1 aliphatic rings. The second kappa shape index (κ2) is 6.73. The van der Waals surface area contributed by atoms with Crippen LogP contribution in [0.2, 0.25) is 0 Å². The van der Waals surface area contributed by atoms with Crippen molar-refractivity contribution in [3.63, 3.8) is 0 Å². The summed E-state index contributed by atoms with van der Waals surface area (Å²) >= 11 is 1.77. The van der Waals surface area contributed by atoms with Crippen LogP contribution in [0.5, 0.6) is 0 Å². The van der Waals surface area contributed by atoms with Crippen molar-refractivity contribution in [2.24, 2.45) is 0 Å². The predicted molar refractivity (Wildman–Crippen MR) is 87.0 cm³/mol. The third kappa shape index (κ3) is 3.83. The van der Waals surface area contributed by atoms with E-state index in [4.69, 9.17) is 14.5 Å². The van der Waals surface area contributed by atoms with Gasteiger partial charge < -0.3 is 14.8 Å². The van der Waals surface area contributed by atoms with Gasteiger partial charge in [-0.25, -0.2) is 4.98 Å². The van der Waals surface area contributed by atoms with Crippen LogP contribution in [-0.4, -0.2) is 38.0 Å². The minimum atomic E-state index is -0.0213. The van der Waals surface area contributed by atoms with E-state index < -0.39 is 0 Å². The number of nitrogens with zero attached hydrogens (tertiary/aromatic N) is 1. The molecule has 2 rings (SSSR count). The molecule has 1 saturated carbocycles. The largest absolute Gasteiger partial charge is 0.383 e. The van der Waals surface area contributed by atoms with Crippen LogP contribution < -0.4 is 5.32 Å². The third-order valence-electron chi connectivity index (χ3n) is 4.01. The molecule has 0 unspecified atom stereocenters. The van der Waals surface area contributed by atoms with E-state index in [1.165, 1.54) is 10.7 Å². The first-order valence-electron chi connectivity index (χ1n) is 7.73. The molecule has 0 saturated heterocycles. The van der Waals surface area contributed by atoms with E-state index in [1.54, 1.807) is 18.4 Å². The first-order valence-corrected chi connectivity index (χ1v) is 8.61. The number of thiazole rings is 1. The molecule has 0 atom stereocenters. The summed E-state index contributed by atoms with van der Waals surface area (Å²) in [4.78, 5) is 4.91. The lowest BCUT2D eigenvalue weighted by atomic mass is 9.74. The molecule has 120 valence electrons. The third-order valence-corrected chi connectivity index (χ3v) is 5.05. The average molecular weight is 312 g/mol. The van der Waals surface area contributed by atoms with Crippen molar-refractivity contribution in [2.75, 3.05) is 26.9 Å². The van der Waals surface area contributed by atoms with Gasteiger partial charge in [0.15, 0.2) is 0 Å². The minimum Gasteiger partial charge on any atom is -0.383 e. The summed E-state index contributed by atoms with van der Waals surface area (Å²) in [5.41, 5.74) is 1.26. The van der Waals surface area contributed by atoms with Crippen molar-refractivity contribution < 1.29 is 9.47 Å². The van der Waals surface area contributed by atoms with Crippen LogP contribution in [0.1, 0.15) is 51.2 Å². The molecule has 0 aromatic carbocycles. The Morgan fingerprint density at radius 3 is 2.67 bits per heavy atom. The molecule has 1 N–H and O–H groups in total. The Kier molecular flexibility index (Phi) is 5.41. The Morgan fingerprint density at radius 1 is 1.43 bits per heavy atom. The number of aromatic nitrogens is 1. The van der Waals surface area contributed by atoms with Gasteiger partial charge in [-0.2, -0.15) is 0 Å². The number of ether oxygens (including phenoxy) is 2. The van der Waals surface area contributed by atoms with Gasteiger partial charge in [0.1, 0.15) is 5.01 Å². The van der Waals surface area contributed by atoms with Gasteiger partial charge in [-0.1, -0.05) is 20.8 Å². The maximum atomic E-state index is 5.74. The van der Waals surface area contributed by atoms with E-state index in [0.717, 1.165) is 32.6 Å². The summed E-state index contributed by atoms with van der Waals surface area (Å²) in [6, 6.07) is 0. The molecule has 4 nitrogen and oxygen atoms in total. The summed E-state index contributed by atoms with van der Waals surface area (Å²) in [6.07, 6.45) is 2.36. The lowest BCUT2D eigenvalue weighted by Crippen LogP contribution is -2.56. The van der Waals surface area contributed by atoms with Crippen molar-refractivity contribution >= 4 is 11.3 Å². The maximum absolute atomic E-state index is 5.74. The zero-order valence-corrected chi connectivity index (χ0v) is 14.7. The van der Waals surface area contributed by atoms with Crippen LogP contribution in [0, 0.1) is 0 Å². The fourth-order valence-electron chi connectivity index (χ4n) is 2.70. The predicted octanol–water partition coefficient (Wildman–Crippen LogP) is 3.07. The topological polar surface area (TPSA) is 43.4 Å². The van der Waals surface area contributed by atoms with E-state index in [0.29, 0.717) is 6.10 Å². The van der Waals surface area contributed by atoms with Crippen LogP contribution in [0.25, 0.3) is 0 Å². The quantitative estimate of drug-likeness (QED) is 0.786. The summed E-state index contributed by atoms with van der Waals surface area (Å²) in [6.45, 7) is 11.0. The lowest BCUT2D eigenvalue weighted by molar-refractivity contribution is -0.0550. The van der Waals surface area contributed by atoms with Gasteiger partial charge in [0, 0.05) is 31.1 Å². The van der Waals surface area contributed by atoms with Gasteiger partial charge >= 0.3 is 0 Å². The Hall–Kier alpha value is -0.490. The first-order chi connectivity index (χ1) is 9.91. The Labute approximate surface area is 132 Å². The Bertz CT molecular complexity index is 442. The number of hydrogen-bond donors (Lipinski definition) is 1. The van der Waals surface area contributed by atoms with Gasteiger partial charge in [0.05, 0.1) is 23.9 Å². The maximum Gasteiger partial charge on any atom is 0.113 e. The highest BCUT2D eigenvalue weighted by atomic mass is 32.1. The van der Waals surface area contributed by atoms with Gasteiger partial charge in [0.2, 0.25) is 0 Å². The highest BCUT2D eigenvalue weighted by Gasteiger charge is 2.48. The molecule has 0 aliphatic heterocycles. The highest BCUT2D eigenvalue weighted by molar-refractivity contribution is 7.09. The summed E-state index contributed by atoms with van der Waals surface area (Å²) in [5, 5.41) is 7.04. The zero-order valence-electron chi connectivity index (χ0n) is 13.9. The van der Waals surface area contributed by atoms with Gasteiger partial charge in [-0.15, -0.1) is 11.3 Å². The van der Waals surface area contributed by atoms with E-state index in [-0.39, 0.29) is 11.0 Å². The molecule has 21 heavy (non-hydrogen) atoms. The lowest BCUT2D eigenvalue weighted by Gasteiger charge is -2.46. The molecular weight excluding hydrogens is 284 g/mol. The molecule has 0 radical (unpaired) electrons. The summed E-state index contributed by atoms with van der Waals surface area (Å²) in [5.74, 6) is 0. The second-order valence-corrected chi connectivity index (χ2v) is 7.63. The normalized spacial score (nSPS) is 25.9. The highest BCUT2D eigenvalue weighted by Crippen LogP contribution is 2.45. The average Bonchev–Trinajstić information content (AvgIpc) is 2.85. The summed E-state index contributed by atoms with van der Waals surface area (Å²) < 4.78 is 10.9. The number of nitrogens with one attached hydrogen (secondary N) is 1. The molecule has 1 heterocycles. The molecule has 1 aromatic heterocycles. The Morgan fingerprint density at radius 2 is 2.14 bits per heavy atom. The fourth-order valence-corrected chi connectivity index (χ4v) is 3.94. The van der Waals surface area contributed by atoms with Crippen molar-refractivity contribution in [3.8, 4) is 0 Å². The minimum absolute atomic E-state index is 0.0213. The van der Waals surface area contributed by atoms with Crippen molar-refractivity contribution in [1.29, 1.82) is 0 Å².